The molecule has 0 saturated heterocycles. The van der Waals surface area contributed by atoms with Crippen molar-refractivity contribution in [3.63, 3.8) is 0 Å². The third-order valence-corrected chi connectivity index (χ3v) is 3.95. The molecule has 1 saturated carbocycles. The molecule has 0 amide bonds. The highest BCUT2D eigenvalue weighted by Gasteiger charge is 2.35. The van der Waals surface area contributed by atoms with Crippen LogP contribution in [0.5, 0.6) is 0 Å². The molecule has 1 aromatic rings. The highest BCUT2D eigenvalue weighted by atomic mass is 32.1. The van der Waals surface area contributed by atoms with Crippen LogP contribution in [0.3, 0.4) is 0 Å². The Balaban J connectivity index is 2.30. The van der Waals surface area contributed by atoms with Gasteiger partial charge in [0, 0.05) is 11.1 Å². The third kappa shape index (κ3) is 2.19. The summed E-state index contributed by atoms with van der Waals surface area (Å²) in [5.41, 5.74) is 5.38. The van der Waals surface area contributed by atoms with Gasteiger partial charge in [-0.2, -0.15) is 0 Å². The molecule has 0 atom stereocenters. The standard InChI is InChI=1S/C13H16F2N2S/c1-2-13(6-3-7-13)17-9-5-4-8(12(16)18)10(14)11(9)15/h4-5,17H,2-3,6-7H2,1H3,(H2,16,18). The molecule has 0 radical (unpaired) electrons. The number of hydrogen-bond donors (Lipinski definition) is 2. The maximum atomic E-state index is 13.9. The molecule has 2 nitrogen and oxygen atoms in total. The number of nitrogens with one attached hydrogen (secondary N) is 1. The number of hydrogen-bond acceptors (Lipinski definition) is 2. The summed E-state index contributed by atoms with van der Waals surface area (Å²) >= 11 is 4.67. The molecular formula is C13H16F2N2S. The fourth-order valence-electron chi connectivity index (χ4n) is 2.29. The van der Waals surface area contributed by atoms with Crippen molar-refractivity contribution in [2.24, 2.45) is 5.73 Å². The van der Waals surface area contributed by atoms with Crippen molar-refractivity contribution < 1.29 is 8.78 Å². The Bertz CT molecular complexity index is 479. The van der Waals surface area contributed by atoms with E-state index in [-0.39, 0.29) is 21.8 Å². The maximum Gasteiger partial charge on any atom is 0.182 e. The SMILES string of the molecule is CCC1(Nc2ccc(C(N)=S)c(F)c2F)CCC1. The van der Waals surface area contributed by atoms with E-state index in [9.17, 15) is 8.78 Å². The first-order chi connectivity index (χ1) is 8.49. The second-order valence-electron chi connectivity index (χ2n) is 4.77. The van der Waals surface area contributed by atoms with Crippen LogP contribution in [0.15, 0.2) is 12.1 Å². The monoisotopic (exact) mass is 270 g/mol. The van der Waals surface area contributed by atoms with Crippen molar-refractivity contribution in [3.05, 3.63) is 29.3 Å². The van der Waals surface area contributed by atoms with E-state index in [0.29, 0.717) is 0 Å². The lowest BCUT2D eigenvalue weighted by atomic mass is 9.74. The number of benzene rings is 1. The average molecular weight is 270 g/mol. The molecule has 1 aliphatic rings. The summed E-state index contributed by atoms with van der Waals surface area (Å²) in [4.78, 5) is -0.133. The molecule has 0 spiro atoms. The Labute approximate surface area is 111 Å². The molecule has 0 heterocycles. The minimum Gasteiger partial charge on any atom is -0.389 e. The predicted octanol–water partition coefficient (Wildman–Crippen LogP) is 3.34. The number of halogens is 2. The highest BCUT2D eigenvalue weighted by Crippen LogP contribution is 2.38. The summed E-state index contributed by atoms with van der Waals surface area (Å²) in [5, 5.41) is 3.12. The van der Waals surface area contributed by atoms with Crippen molar-refractivity contribution in [1.82, 2.24) is 0 Å². The van der Waals surface area contributed by atoms with Crippen molar-refractivity contribution >= 4 is 22.9 Å². The van der Waals surface area contributed by atoms with E-state index >= 15 is 0 Å². The van der Waals surface area contributed by atoms with E-state index in [1.54, 1.807) is 0 Å². The Hall–Kier alpha value is -1.23. The number of thiocarbonyl (C=S) groups is 1. The smallest absolute Gasteiger partial charge is 0.182 e. The van der Waals surface area contributed by atoms with E-state index in [4.69, 9.17) is 5.73 Å². The average Bonchev–Trinajstić information content (AvgIpc) is 2.28. The van der Waals surface area contributed by atoms with Gasteiger partial charge in [0.15, 0.2) is 11.6 Å². The zero-order valence-electron chi connectivity index (χ0n) is 10.2. The van der Waals surface area contributed by atoms with Crippen LogP contribution in [0.1, 0.15) is 38.2 Å². The predicted molar refractivity (Wildman–Crippen MR) is 72.7 cm³/mol. The van der Waals surface area contributed by atoms with Crippen LogP contribution in [0.4, 0.5) is 14.5 Å². The van der Waals surface area contributed by atoms with Gasteiger partial charge < -0.3 is 11.1 Å². The lowest BCUT2D eigenvalue weighted by Crippen LogP contribution is -2.44. The van der Waals surface area contributed by atoms with Crippen molar-refractivity contribution in [2.45, 2.75) is 38.1 Å². The molecule has 0 bridgehead atoms. The number of anilines is 1. The lowest BCUT2D eigenvalue weighted by molar-refractivity contribution is 0.268. The van der Waals surface area contributed by atoms with Gasteiger partial charge in [0.1, 0.15) is 4.99 Å². The topological polar surface area (TPSA) is 38.0 Å². The zero-order chi connectivity index (χ0) is 13.3. The normalized spacial score (nSPS) is 17.1. The lowest BCUT2D eigenvalue weighted by Gasteiger charge is -2.43. The third-order valence-electron chi connectivity index (χ3n) is 3.74. The van der Waals surface area contributed by atoms with Crippen molar-refractivity contribution in [1.29, 1.82) is 0 Å². The van der Waals surface area contributed by atoms with Gasteiger partial charge in [0.25, 0.3) is 0 Å². The Kier molecular flexibility index (Phi) is 3.52. The molecule has 0 unspecified atom stereocenters. The van der Waals surface area contributed by atoms with Gasteiger partial charge in [-0.05, 0) is 37.8 Å². The second-order valence-corrected chi connectivity index (χ2v) is 5.21. The molecule has 0 aliphatic heterocycles. The summed E-state index contributed by atoms with van der Waals surface area (Å²) in [6.45, 7) is 2.05. The van der Waals surface area contributed by atoms with E-state index < -0.39 is 11.6 Å². The molecule has 98 valence electrons. The van der Waals surface area contributed by atoms with Crippen LogP contribution < -0.4 is 11.1 Å². The Morgan fingerprint density at radius 3 is 2.50 bits per heavy atom. The first-order valence-corrected chi connectivity index (χ1v) is 6.46. The van der Waals surface area contributed by atoms with E-state index in [2.05, 4.69) is 17.5 Å². The second kappa shape index (κ2) is 4.80. The Morgan fingerprint density at radius 2 is 2.06 bits per heavy atom. The highest BCUT2D eigenvalue weighted by molar-refractivity contribution is 7.80. The van der Waals surface area contributed by atoms with E-state index in [1.807, 2.05) is 6.92 Å². The summed E-state index contributed by atoms with van der Waals surface area (Å²) in [6.07, 6.45) is 3.99. The van der Waals surface area contributed by atoms with Gasteiger partial charge in [0.05, 0.1) is 5.69 Å². The van der Waals surface area contributed by atoms with Crippen LogP contribution in [0, 0.1) is 11.6 Å². The van der Waals surface area contributed by atoms with Crippen LogP contribution in [0.25, 0.3) is 0 Å². The molecule has 1 aromatic carbocycles. The zero-order valence-corrected chi connectivity index (χ0v) is 11.0. The van der Waals surface area contributed by atoms with Gasteiger partial charge in [-0.3, -0.25) is 0 Å². The molecule has 3 N–H and O–H groups in total. The molecule has 1 fully saturated rings. The first-order valence-electron chi connectivity index (χ1n) is 6.05. The molecule has 5 heteroatoms. The van der Waals surface area contributed by atoms with Gasteiger partial charge >= 0.3 is 0 Å². The fourth-order valence-corrected chi connectivity index (χ4v) is 2.45. The number of nitrogens with two attached hydrogens (primary N) is 1. The van der Waals surface area contributed by atoms with Crippen LogP contribution in [0.2, 0.25) is 0 Å². The summed E-state index contributed by atoms with van der Waals surface area (Å²) < 4.78 is 27.6. The minimum absolute atomic E-state index is 0.0489. The molecule has 0 aromatic heterocycles. The van der Waals surface area contributed by atoms with Crippen LogP contribution in [-0.4, -0.2) is 10.5 Å². The fraction of sp³-hybridized carbons (Fsp3) is 0.462. The first kappa shape index (κ1) is 13.2. The van der Waals surface area contributed by atoms with Gasteiger partial charge in [-0.1, -0.05) is 19.1 Å². The van der Waals surface area contributed by atoms with Crippen LogP contribution in [-0.2, 0) is 0 Å². The summed E-state index contributed by atoms with van der Waals surface area (Å²) in [7, 11) is 0. The molecule has 2 rings (SSSR count). The van der Waals surface area contributed by atoms with Crippen LogP contribution >= 0.6 is 12.2 Å². The van der Waals surface area contributed by atoms with Gasteiger partial charge in [0.2, 0.25) is 0 Å². The molecular weight excluding hydrogens is 254 g/mol. The minimum atomic E-state index is -0.974. The Morgan fingerprint density at radius 1 is 1.39 bits per heavy atom. The van der Waals surface area contributed by atoms with Gasteiger partial charge in [-0.15, -0.1) is 0 Å². The van der Waals surface area contributed by atoms with Crippen molar-refractivity contribution in [3.8, 4) is 0 Å². The van der Waals surface area contributed by atoms with Crippen molar-refractivity contribution in [2.75, 3.05) is 5.32 Å². The quantitative estimate of drug-likeness (QED) is 0.824. The summed E-state index contributed by atoms with van der Waals surface area (Å²) in [5.74, 6) is -1.88. The maximum absolute atomic E-state index is 13.9. The number of rotatable bonds is 4. The van der Waals surface area contributed by atoms with Gasteiger partial charge in [-0.25, -0.2) is 8.78 Å². The molecule has 18 heavy (non-hydrogen) atoms. The largest absolute Gasteiger partial charge is 0.389 e. The van der Waals surface area contributed by atoms with E-state index in [0.717, 1.165) is 25.7 Å². The summed E-state index contributed by atoms with van der Waals surface area (Å²) in [6, 6.07) is 2.92. The van der Waals surface area contributed by atoms with E-state index in [1.165, 1.54) is 12.1 Å². The molecule has 1 aliphatic carbocycles.